The summed E-state index contributed by atoms with van der Waals surface area (Å²) >= 11 is 0. The van der Waals surface area contributed by atoms with Crippen LogP contribution in [-0.2, 0) is 24.3 Å². The van der Waals surface area contributed by atoms with Crippen LogP contribution in [0.5, 0.6) is 0 Å². The minimum absolute atomic E-state index is 0.174. The van der Waals surface area contributed by atoms with Crippen molar-refractivity contribution in [3.8, 4) is 0 Å². The molecular formula is C20H24N6O3. The lowest BCUT2D eigenvalue weighted by Gasteiger charge is -2.32. The maximum absolute atomic E-state index is 13.1. The molecule has 29 heavy (non-hydrogen) atoms. The molecule has 152 valence electrons. The molecule has 2 aliphatic heterocycles. The summed E-state index contributed by atoms with van der Waals surface area (Å²) in [6, 6.07) is 3.69. The van der Waals surface area contributed by atoms with E-state index >= 15 is 0 Å². The van der Waals surface area contributed by atoms with Crippen LogP contribution in [0, 0.1) is 0 Å². The van der Waals surface area contributed by atoms with Crippen molar-refractivity contribution >= 4 is 18.2 Å². The molecular weight excluding hydrogens is 372 g/mol. The minimum Gasteiger partial charge on any atom is -0.347 e. The molecule has 4 heterocycles. The number of piperazine rings is 1. The zero-order valence-corrected chi connectivity index (χ0v) is 16.2. The Hall–Kier alpha value is -3.23. The molecule has 0 bridgehead atoms. The van der Waals surface area contributed by atoms with Gasteiger partial charge in [0.05, 0.1) is 5.69 Å². The molecule has 2 aromatic rings. The second-order valence-electron chi connectivity index (χ2n) is 7.31. The van der Waals surface area contributed by atoms with Crippen molar-refractivity contribution in [3.05, 3.63) is 47.3 Å². The first-order chi connectivity index (χ1) is 14.2. The summed E-state index contributed by atoms with van der Waals surface area (Å²) in [5.74, 6) is -0.113. The molecule has 0 aromatic carbocycles. The normalized spacial score (nSPS) is 16.3. The number of carbonyl (C=O) groups is 3. The number of nitrogens with one attached hydrogen (secondary N) is 1. The largest absolute Gasteiger partial charge is 0.347 e. The number of hydrogen-bond donors (Lipinski definition) is 1. The van der Waals surface area contributed by atoms with Gasteiger partial charge in [-0.3, -0.25) is 19.4 Å². The molecule has 1 N–H and O–H groups in total. The molecule has 9 nitrogen and oxygen atoms in total. The highest BCUT2D eigenvalue weighted by molar-refractivity contribution is 5.97. The van der Waals surface area contributed by atoms with Gasteiger partial charge in [0.2, 0.25) is 6.41 Å². The zero-order valence-electron chi connectivity index (χ0n) is 16.2. The van der Waals surface area contributed by atoms with Crippen molar-refractivity contribution in [1.82, 2.24) is 29.7 Å². The quantitative estimate of drug-likeness (QED) is 0.740. The molecule has 2 aliphatic rings. The molecule has 1 fully saturated rings. The molecule has 1 saturated heterocycles. The van der Waals surface area contributed by atoms with Crippen LogP contribution in [0.25, 0.3) is 0 Å². The van der Waals surface area contributed by atoms with Crippen LogP contribution in [0.4, 0.5) is 0 Å². The van der Waals surface area contributed by atoms with Gasteiger partial charge in [-0.1, -0.05) is 0 Å². The molecule has 3 amide bonds. The van der Waals surface area contributed by atoms with Gasteiger partial charge in [-0.25, -0.2) is 4.98 Å². The Morgan fingerprint density at radius 1 is 1.07 bits per heavy atom. The van der Waals surface area contributed by atoms with Crippen LogP contribution >= 0.6 is 0 Å². The average molecular weight is 396 g/mol. The number of pyridine rings is 1. The van der Waals surface area contributed by atoms with Gasteiger partial charge in [0.15, 0.2) is 5.82 Å². The molecule has 0 spiro atoms. The summed E-state index contributed by atoms with van der Waals surface area (Å²) in [6.07, 6.45) is 6.84. The lowest BCUT2D eigenvalue weighted by Crippen LogP contribution is -2.48. The van der Waals surface area contributed by atoms with Crippen LogP contribution in [0.1, 0.15) is 45.2 Å². The fourth-order valence-electron chi connectivity index (χ4n) is 3.83. The van der Waals surface area contributed by atoms with Gasteiger partial charge in [0, 0.05) is 51.7 Å². The predicted octanol–water partition coefficient (Wildman–Crippen LogP) is 0.459. The summed E-state index contributed by atoms with van der Waals surface area (Å²) < 4.78 is 1.90. The lowest BCUT2D eigenvalue weighted by atomic mass is 10.1. The van der Waals surface area contributed by atoms with Crippen molar-refractivity contribution < 1.29 is 14.4 Å². The number of rotatable bonds is 5. The molecule has 0 radical (unpaired) electrons. The van der Waals surface area contributed by atoms with Gasteiger partial charge in [-0.2, -0.15) is 0 Å². The number of carbonyl (C=O) groups excluding carboxylic acids is 3. The van der Waals surface area contributed by atoms with Gasteiger partial charge >= 0.3 is 0 Å². The summed E-state index contributed by atoms with van der Waals surface area (Å²) in [6.45, 7) is 3.05. The number of imidazole rings is 1. The van der Waals surface area contributed by atoms with Gasteiger partial charge in [-0.15, -0.1) is 0 Å². The maximum Gasteiger partial charge on any atom is 0.290 e. The molecule has 0 saturated carbocycles. The number of amides is 3. The predicted molar refractivity (Wildman–Crippen MR) is 104 cm³/mol. The summed E-state index contributed by atoms with van der Waals surface area (Å²) in [5, 5.41) is 2.90. The summed E-state index contributed by atoms with van der Waals surface area (Å²) in [7, 11) is 0. The van der Waals surface area contributed by atoms with Crippen LogP contribution in [0.2, 0.25) is 0 Å². The Kier molecular flexibility index (Phi) is 5.55. The van der Waals surface area contributed by atoms with Crippen molar-refractivity contribution in [2.75, 3.05) is 26.2 Å². The summed E-state index contributed by atoms with van der Waals surface area (Å²) in [4.78, 5) is 48.6. The Morgan fingerprint density at radius 2 is 1.83 bits per heavy atom. The number of aromatic nitrogens is 3. The highest BCUT2D eigenvalue weighted by Gasteiger charge is 2.31. The second-order valence-corrected chi connectivity index (χ2v) is 7.31. The van der Waals surface area contributed by atoms with Crippen molar-refractivity contribution in [2.24, 2.45) is 0 Å². The summed E-state index contributed by atoms with van der Waals surface area (Å²) in [5.41, 5.74) is 2.12. The van der Waals surface area contributed by atoms with E-state index in [0.29, 0.717) is 50.8 Å². The standard InChI is InChI=1S/C20H24N6O3/c27-14-24-9-11-25(12-10-24)20(29)18-23-17(16-3-1-2-8-26(16)18)19(28)22-13-15-4-6-21-7-5-15/h4-7,14H,1-3,8-13H2,(H,22,28). The van der Waals surface area contributed by atoms with E-state index in [-0.39, 0.29) is 11.8 Å². The first-order valence-corrected chi connectivity index (χ1v) is 9.92. The smallest absolute Gasteiger partial charge is 0.290 e. The second kappa shape index (κ2) is 8.42. The molecule has 0 unspecified atom stereocenters. The molecule has 4 rings (SSSR count). The van der Waals surface area contributed by atoms with Gasteiger partial charge in [0.25, 0.3) is 11.8 Å². The average Bonchev–Trinajstić information content (AvgIpc) is 3.17. The lowest BCUT2D eigenvalue weighted by molar-refractivity contribution is -0.119. The van der Waals surface area contributed by atoms with E-state index in [1.165, 1.54) is 0 Å². The first-order valence-electron chi connectivity index (χ1n) is 9.92. The van der Waals surface area contributed by atoms with E-state index in [1.54, 1.807) is 22.2 Å². The molecule has 0 atom stereocenters. The van der Waals surface area contributed by atoms with Crippen molar-refractivity contribution in [1.29, 1.82) is 0 Å². The van der Waals surface area contributed by atoms with E-state index in [0.717, 1.165) is 36.9 Å². The number of fused-ring (bicyclic) bond motifs is 1. The fourth-order valence-corrected chi connectivity index (χ4v) is 3.83. The Bertz CT molecular complexity index is 902. The van der Waals surface area contributed by atoms with Gasteiger partial charge in [0.1, 0.15) is 5.69 Å². The highest BCUT2D eigenvalue weighted by atomic mass is 16.2. The fraction of sp³-hybridized carbons (Fsp3) is 0.450. The third-order valence-corrected chi connectivity index (χ3v) is 5.48. The Balaban J connectivity index is 1.53. The van der Waals surface area contributed by atoms with Crippen molar-refractivity contribution in [2.45, 2.75) is 32.4 Å². The van der Waals surface area contributed by atoms with E-state index in [9.17, 15) is 14.4 Å². The molecule has 0 aliphatic carbocycles. The highest BCUT2D eigenvalue weighted by Crippen LogP contribution is 2.22. The molecule has 2 aromatic heterocycles. The van der Waals surface area contributed by atoms with Crippen LogP contribution in [0.15, 0.2) is 24.5 Å². The molecule has 9 heteroatoms. The van der Waals surface area contributed by atoms with Crippen LogP contribution in [0.3, 0.4) is 0 Å². The minimum atomic E-state index is -0.266. The van der Waals surface area contributed by atoms with Gasteiger partial charge in [-0.05, 0) is 37.0 Å². The zero-order chi connectivity index (χ0) is 20.2. The topological polar surface area (TPSA) is 100 Å². The van der Waals surface area contributed by atoms with Gasteiger partial charge < -0.3 is 19.7 Å². The third-order valence-electron chi connectivity index (χ3n) is 5.48. The van der Waals surface area contributed by atoms with E-state index in [1.807, 2.05) is 16.7 Å². The monoisotopic (exact) mass is 396 g/mol. The maximum atomic E-state index is 13.1. The first kappa shape index (κ1) is 19.1. The van der Waals surface area contributed by atoms with E-state index < -0.39 is 0 Å². The number of hydrogen-bond acceptors (Lipinski definition) is 5. The Morgan fingerprint density at radius 3 is 2.55 bits per heavy atom. The van der Waals surface area contributed by atoms with Crippen LogP contribution < -0.4 is 5.32 Å². The van der Waals surface area contributed by atoms with Crippen LogP contribution in [-0.4, -0.2) is 68.7 Å². The third kappa shape index (κ3) is 3.98. The van der Waals surface area contributed by atoms with E-state index in [4.69, 9.17) is 0 Å². The number of nitrogens with zero attached hydrogens (tertiary/aromatic N) is 5. The Labute approximate surface area is 168 Å². The van der Waals surface area contributed by atoms with E-state index in [2.05, 4.69) is 15.3 Å². The SMILES string of the molecule is O=CN1CCN(C(=O)c2nc(C(=O)NCc3ccncc3)c3n2CCCC3)CC1. The van der Waals surface area contributed by atoms with Crippen molar-refractivity contribution in [3.63, 3.8) is 0 Å².